The summed E-state index contributed by atoms with van der Waals surface area (Å²) in [6.07, 6.45) is 0. The second kappa shape index (κ2) is 7.18. The molecule has 0 spiro atoms. The molecule has 0 aliphatic heterocycles. The first kappa shape index (κ1) is 15.4. The van der Waals surface area contributed by atoms with Crippen LogP contribution in [0.25, 0.3) is 0 Å². The van der Waals surface area contributed by atoms with Crippen molar-refractivity contribution in [2.24, 2.45) is 0 Å². The Hall–Kier alpha value is -1.94. The van der Waals surface area contributed by atoms with Gasteiger partial charge in [0.25, 0.3) is 0 Å². The van der Waals surface area contributed by atoms with Crippen LogP contribution in [-0.2, 0) is 5.75 Å². The van der Waals surface area contributed by atoms with Crippen LogP contribution in [0.4, 0.5) is 0 Å². The molecular weight excluding hydrogens is 284 g/mol. The standard InChI is InChI=1S/C17H18O3S/c1-3-20-16-9-8-13(12(2)18)10-14(16)11-21-17-7-5-4-6-15(17)19/h4-10,19H,3,11H2,1-2H3. The number of carbonyl (C=O) groups excluding carboxylic acids is 1. The normalized spacial score (nSPS) is 10.4. The van der Waals surface area contributed by atoms with E-state index in [1.165, 1.54) is 11.8 Å². The number of Topliss-reactive ketones (excluding diaryl/α,β-unsaturated/α-hetero) is 1. The van der Waals surface area contributed by atoms with Crippen molar-refractivity contribution in [2.75, 3.05) is 6.61 Å². The van der Waals surface area contributed by atoms with Gasteiger partial charge in [0, 0.05) is 21.8 Å². The quantitative estimate of drug-likeness (QED) is 0.639. The Kier molecular flexibility index (Phi) is 5.28. The van der Waals surface area contributed by atoms with Crippen molar-refractivity contribution in [3.63, 3.8) is 0 Å². The highest BCUT2D eigenvalue weighted by Crippen LogP contribution is 2.33. The zero-order chi connectivity index (χ0) is 15.2. The van der Waals surface area contributed by atoms with Crippen molar-refractivity contribution in [3.8, 4) is 11.5 Å². The lowest BCUT2D eigenvalue weighted by atomic mass is 10.1. The van der Waals surface area contributed by atoms with E-state index < -0.39 is 0 Å². The van der Waals surface area contributed by atoms with Crippen LogP contribution < -0.4 is 4.74 Å². The van der Waals surface area contributed by atoms with Gasteiger partial charge in [-0.05, 0) is 44.2 Å². The fourth-order valence-electron chi connectivity index (χ4n) is 1.94. The summed E-state index contributed by atoms with van der Waals surface area (Å²) < 4.78 is 5.60. The van der Waals surface area contributed by atoms with Gasteiger partial charge in [0.05, 0.1) is 6.61 Å². The van der Waals surface area contributed by atoms with Gasteiger partial charge in [0.2, 0.25) is 0 Å². The van der Waals surface area contributed by atoms with Gasteiger partial charge in [0.15, 0.2) is 5.78 Å². The van der Waals surface area contributed by atoms with Crippen molar-refractivity contribution in [2.45, 2.75) is 24.5 Å². The molecular formula is C17H18O3S. The van der Waals surface area contributed by atoms with E-state index in [2.05, 4.69) is 0 Å². The molecule has 0 aliphatic carbocycles. The smallest absolute Gasteiger partial charge is 0.159 e. The van der Waals surface area contributed by atoms with Crippen molar-refractivity contribution in [3.05, 3.63) is 53.6 Å². The van der Waals surface area contributed by atoms with Gasteiger partial charge in [-0.1, -0.05) is 12.1 Å². The molecule has 0 fully saturated rings. The maximum Gasteiger partial charge on any atom is 0.159 e. The molecule has 2 rings (SSSR count). The summed E-state index contributed by atoms with van der Waals surface area (Å²) in [7, 11) is 0. The highest BCUT2D eigenvalue weighted by molar-refractivity contribution is 7.98. The fraction of sp³-hybridized carbons (Fsp3) is 0.235. The number of para-hydroxylation sites is 1. The van der Waals surface area contributed by atoms with Gasteiger partial charge < -0.3 is 9.84 Å². The number of benzene rings is 2. The molecule has 110 valence electrons. The number of aromatic hydroxyl groups is 1. The van der Waals surface area contributed by atoms with Crippen LogP contribution in [-0.4, -0.2) is 17.5 Å². The molecule has 0 amide bonds. The first-order chi connectivity index (χ1) is 10.1. The molecule has 21 heavy (non-hydrogen) atoms. The Morgan fingerprint density at radius 1 is 1.24 bits per heavy atom. The van der Waals surface area contributed by atoms with Gasteiger partial charge in [-0.2, -0.15) is 0 Å². The SMILES string of the molecule is CCOc1ccc(C(C)=O)cc1CSc1ccccc1O. The van der Waals surface area contributed by atoms with Crippen LogP contribution in [0, 0.1) is 0 Å². The number of phenols is 1. The largest absolute Gasteiger partial charge is 0.507 e. The maximum absolute atomic E-state index is 11.5. The van der Waals surface area contributed by atoms with Crippen LogP contribution in [0.3, 0.4) is 0 Å². The van der Waals surface area contributed by atoms with E-state index in [1.807, 2.05) is 31.2 Å². The van der Waals surface area contributed by atoms with Crippen molar-refractivity contribution in [1.82, 2.24) is 0 Å². The lowest BCUT2D eigenvalue weighted by molar-refractivity contribution is 0.101. The van der Waals surface area contributed by atoms with Crippen LogP contribution in [0.2, 0.25) is 0 Å². The summed E-state index contributed by atoms with van der Waals surface area (Å²) >= 11 is 1.52. The molecule has 3 nitrogen and oxygen atoms in total. The molecule has 0 aliphatic rings. The molecule has 0 radical (unpaired) electrons. The maximum atomic E-state index is 11.5. The molecule has 2 aromatic carbocycles. The topological polar surface area (TPSA) is 46.5 Å². The second-order valence-electron chi connectivity index (χ2n) is 4.57. The predicted molar refractivity (Wildman–Crippen MR) is 85.3 cm³/mol. The molecule has 0 unspecified atom stereocenters. The molecule has 0 atom stereocenters. The lowest BCUT2D eigenvalue weighted by Crippen LogP contribution is -1.99. The Bertz CT molecular complexity index is 638. The van der Waals surface area contributed by atoms with Crippen LogP contribution in [0.1, 0.15) is 29.8 Å². The summed E-state index contributed by atoms with van der Waals surface area (Å²) in [6, 6.07) is 12.7. The minimum Gasteiger partial charge on any atom is -0.507 e. The first-order valence-electron chi connectivity index (χ1n) is 6.79. The molecule has 2 aromatic rings. The first-order valence-corrected chi connectivity index (χ1v) is 7.77. The van der Waals surface area contributed by atoms with E-state index in [1.54, 1.807) is 25.1 Å². The Labute approximate surface area is 129 Å². The second-order valence-corrected chi connectivity index (χ2v) is 5.59. The number of hydrogen-bond acceptors (Lipinski definition) is 4. The average Bonchev–Trinajstić information content (AvgIpc) is 2.47. The van der Waals surface area contributed by atoms with E-state index >= 15 is 0 Å². The number of thioether (sulfide) groups is 1. The van der Waals surface area contributed by atoms with E-state index in [4.69, 9.17) is 4.74 Å². The summed E-state index contributed by atoms with van der Waals surface area (Å²) in [5, 5.41) is 9.80. The Morgan fingerprint density at radius 3 is 2.67 bits per heavy atom. The van der Waals surface area contributed by atoms with Gasteiger partial charge in [-0.3, -0.25) is 4.79 Å². The zero-order valence-electron chi connectivity index (χ0n) is 12.1. The molecule has 0 heterocycles. The number of rotatable bonds is 6. The third-order valence-corrected chi connectivity index (χ3v) is 4.13. The number of phenolic OH excluding ortho intramolecular Hbond substituents is 1. The van der Waals surface area contributed by atoms with Crippen LogP contribution in [0.5, 0.6) is 11.5 Å². The fourth-order valence-corrected chi connectivity index (χ4v) is 2.87. The molecule has 0 aromatic heterocycles. The monoisotopic (exact) mass is 302 g/mol. The summed E-state index contributed by atoms with van der Waals surface area (Å²) in [5.41, 5.74) is 1.63. The van der Waals surface area contributed by atoms with Crippen molar-refractivity contribution in [1.29, 1.82) is 0 Å². The molecule has 0 saturated heterocycles. The average molecular weight is 302 g/mol. The molecule has 4 heteroatoms. The summed E-state index contributed by atoms with van der Waals surface area (Å²) in [4.78, 5) is 12.3. The van der Waals surface area contributed by atoms with E-state index in [0.717, 1.165) is 16.2 Å². The van der Waals surface area contributed by atoms with E-state index in [0.29, 0.717) is 17.9 Å². The third-order valence-electron chi connectivity index (χ3n) is 3.02. The number of hydrogen-bond donors (Lipinski definition) is 1. The van der Waals surface area contributed by atoms with Gasteiger partial charge in [-0.25, -0.2) is 0 Å². The summed E-state index contributed by atoms with van der Waals surface area (Å²) in [6.45, 7) is 4.06. The minimum absolute atomic E-state index is 0.0341. The zero-order valence-corrected chi connectivity index (χ0v) is 12.9. The summed E-state index contributed by atoms with van der Waals surface area (Å²) in [5.74, 6) is 1.72. The minimum atomic E-state index is 0.0341. The number of carbonyl (C=O) groups is 1. The van der Waals surface area contributed by atoms with Gasteiger partial charge in [0.1, 0.15) is 11.5 Å². The molecule has 0 saturated carbocycles. The highest BCUT2D eigenvalue weighted by atomic mass is 32.2. The number of ether oxygens (including phenoxy) is 1. The predicted octanol–water partition coefficient (Wildman–Crippen LogP) is 4.29. The molecule has 1 N–H and O–H groups in total. The Balaban J connectivity index is 2.22. The third kappa shape index (κ3) is 4.02. The number of ketones is 1. The van der Waals surface area contributed by atoms with Gasteiger partial charge >= 0.3 is 0 Å². The van der Waals surface area contributed by atoms with Crippen molar-refractivity contribution < 1.29 is 14.6 Å². The Morgan fingerprint density at radius 2 is 2.00 bits per heavy atom. The van der Waals surface area contributed by atoms with Crippen molar-refractivity contribution >= 4 is 17.5 Å². The lowest BCUT2D eigenvalue weighted by Gasteiger charge is -2.11. The molecule has 0 bridgehead atoms. The van der Waals surface area contributed by atoms with Crippen LogP contribution >= 0.6 is 11.8 Å². The van der Waals surface area contributed by atoms with E-state index in [9.17, 15) is 9.90 Å². The van der Waals surface area contributed by atoms with Gasteiger partial charge in [-0.15, -0.1) is 11.8 Å². The van der Waals surface area contributed by atoms with Crippen LogP contribution in [0.15, 0.2) is 47.4 Å². The highest BCUT2D eigenvalue weighted by Gasteiger charge is 2.09. The van der Waals surface area contributed by atoms with E-state index in [-0.39, 0.29) is 11.5 Å².